The lowest BCUT2D eigenvalue weighted by molar-refractivity contribution is 0.657. The van der Waals surface area contributed by atoms with Crippen LogP contribution in [0.2, 0.25) is 0 Å². The lowest BCUT2D eigenvalue weighted by atomic mass is 10.0. The molecule has 2 N–H and O–H groups in total. The zero-order valence-corrected chi connectivity index (χ0v) is 11.2. The van der Waals surface area contributed by atoms with Crippen LogP contribution < -0.4 is 5.73 Å². The topological polar surface area (TPSA) is 38.4 Å². The van der Waals surface area contributed by atoms with Gasteiger partial charge in [-0.2, -0.15) is 0 Å². The van der Waals surface area contributed by atoms with Crippen LogP contribution in [0.4, 0.5) is 0 Å². The van der Waals surface area contributed by atoms with Gasteiger partial charge in [-0.3, -0.25) is 4.99 Å². The molecule has 94 valence electrons. The molecule has 1 rings (SSSR count). The number of aryl methyl sites for hydroxylation is 1. The SMILES string of the molecule is CC(=NCC(C)C)C(N)CCc1ccccc1. The molecule has 0 aliphatic carbocycles. The van der Waals surface area contributed by atoms with Crippen molar-refractivity contribution in [2.24, 2.45) is 16.6 Å². The summed E-state index contributed by atoms with van der Waals surface area (Å²) in [5.74, 6) is 0.603. The van der Waals surface area contributed by atoms with E-state index in [4.69, 9.17) is 5.73 Å². The minimum Gasteiger partial charge on any atom is -0.323 e. The summed E-state index contributed by atoms with van der Waals surface area (Å²) in [6.45, 7) is 7.27. The van der Waals surface area contributed by atoms with E-state index in [0.717, 1.165) is 25.1 Å². The van der Waals surface area contributed by atoms with Crippen LogP contribution in [0.3, 0.4) is 0 Å². The Morgan fingerprint density at radius 3 is 2.47 bits per heavy atom. The molecule has 1 atom stereocenters. The lowest BCUT2D eigenvalue weighted by Gasteiger charge is -2.12. The van der Waals surface area contributed by atoms with Crippen molar-refractivity contribution in [3.8, 4) is 0 Å². The van der Waals surface area contributed by atoms with Gasteiger partial charge in [-0.1, -0.05) is 44.2 Å². The van der Waals surface area contributed by atoms with Gasteiger partial charge in [0.1, 0.15) is 0 Å². The van der Waals surface area contributed by atoms with Gasteiger partial charge in [0.05, 0.1) is 0 Å². The fourth-order valence-corrected chi connectivity index (χ4v) is 1.62. The van der Waals surface area contributed by atoms with Crippen molar-refractivity contribution in [2.75, 3.05) is 6.54 Å². The van der Waals surface area contributed by atoms with Crippen molar-refractivity contribution >= 4 is 5.71 Å². The smallest absolute Gasteiger partial charge is 0.0426 e. The highest BCUT2D eigenvalue weighted by molar-refractivity contribution is 5.87. The first-order valence-corrected chi connectivity index (χ1v) is 6.40. The van der Waals surface area contributed by atoms with Crippen molar-refractivity contribution in [2.45, 2.75) is 39.7 Å². The fraction of sp³-hybridized carbons (Fsp3) is 0.533. The van der Waals surface area contributed by atoms with E-state index in [9.17, 15) is 0 Å². The van der Waals surface area contributed by atoms with E-state index in [-0.39, 0.29) is 6.04 Å². The second-order valence-electron chi connectivity index (χ2n) is 5.01. The Morgan fingerprint density at radius 2 is 1.88 bits per heavy atom. The number of hydrogen-bond donors (Lipinski definition) is 1. The van der Waals surface area contributed by atoms with E-state index in [1.165, 1.54) is 5.56 Å². The normalized spacial score (nSPS) is 14.1. The number of hydrogen-bond acceptors (Lipinski definition) is 2. The molecule has 0 spiro atoms. The van der Waals surface area contributed by atoms with Gasteiger partial charge in [0, 0.05) is 18.3 Å². The van der Waals surface area contributed by atoms with Gasteiger partial charge in [-0.25, -0.2) is 0 Å². The van der Waals surface area contributed by atoms with E-state index in [1.807, 2.05) is 13.0 Å². The van der Waals surface area contributed by atoms with Gasteiger partial charge in [-0.15, -0.1) is 0 Å². The predicted octanol–water partition coefficient (Wildman–Crippen LogP) is 3.06. The van der Waals surface area contributed by atoms with Crippen molar-refractivity contribution < 1.29 is 0 Å². The Hall–Kier alpha value is -1.15. The summed E-state index contributed by atoms with van der Waals surface area (Å²) in [6, 6.07) is 10.6. The van der Waals surface area contributed by atoms with Crippen molar-refractivity contribution in [1.82, 2.24) is 0 Å². The summed E-state index contributed by atoms with van der Waals surface area (Å²) in [6.07, 6.45) is 1.99. The maximum absolute atomic E-state index is 6.12. The first kappa shape index (κ1) is 13.9. The summed E-state index contributed by atoms with van der Waals surface area (Å²) >= 11 is 0. The molecule has 0 radical (unpaired) electrons. The highest BCUT2D eigenvalue weighted by Crippen LogP contribution is 2.05. The molecule has 17 heavy (non-hydrogen) atoms. The molecule has 0 amide bonds. The summed E-state index contributed by atoms with van der Waals surface area (Å²) in [4.78, 5) is 4.53. The van der Waals surface area contributed by atoms with Crippen LogP contribution in [0.5, 0.6) is 0 Å². The second kappa shape index (κ2) is 7.23. The van der Waals surface area contributed by atoms with Crippen molar-refractivity contribution in [1.29, 1.82) is 0 Å². The Labute approximate surface area is 105 Å². The van der Waals surface area contributed by atoms with E-state index in [2.05, 4.69) is 43.1 Å². The zero-order chi connectivity index (χ0) is 12.7. The average molecular weight is 232 g/mol. The fourth-order valence-electron chi connectivity index (χ4n) is 1.62. The van der Waals surface area contributed by atoms with Gasteiger partial charge in [0.25, 0.3) is 0 Å². The van der Waals surface area contributed by atoms with Crippen LogP contribution in [-0.4, -0.2) is 18.3 Å². The predicted molar refractivity (Wildman–Crippen MR) is 75.6 cm³/mol. The Bertz CT molecular complexity index is 341. The van der Waals surface area contributed by atoms with Crippen molar-refractivity contribution in [3.63, 3.8) is 0 Å². The minimum absolute atomic E-state index is 0.0916. The van der Waals surface area contributed by atoms with E-state index >= 15 is 0 Å². The van der Waals surface area contributed by atoms with Crippen LogP contribution in [0.25, 0.3) is 0 Å². The van der Waals surface area contributed by atoms with Gasteiger partial charge >= 0.3 is 0 Å². The number of nitrogens with zero attached hydrogens (tertiary/aromatic N) is 1. The Balaban J connectivity index is 2.39. The molecule has 0 aromatic heterocycles. The van der Waals surface area contributed by atoms with E-state index < -0.39 is 0 Å². The molecule has 0 saturated carbocycles. The van der Waals surface area contributed by atoms with Crippen LogP contribution in [0, 0.1) is 5.92 Å². The average Bonchev–Trinajstić information content (AvgIpc) is 2.34. The number of nitrogens with two attached hydrogens (primary N) is 1. The summed E-state index contributed by atoms with van der Waals surface area (Å²) in [5, 5.41) is 0. The highest BCUT2D eigenvalue weighted by Gasteiger charge is 2.06. The van der Waals surface area contributed by atoms with Crippen molar-refractivity contribution in [3.05, 3.63) is 35.9 Å². The molecule has 0 saturated heterocycles. The third-order valence-electron chi connectivity index (χ3n) is 2.83. The van der Waals surface area contributed by atoms with Gasteiger partial charge in [-0.05, 0) is 31.2 Å². The number of aliphatic imine (C=N–C) groups is 1. The molecule has 0 heterocycles. The standard InChI is InChI=1S/C15H24N2/c1-12(2)11-17-13(3)15(16)10-9-14-7-5-4-6-8-14/h4-8,12,15H,9-11,16H2,1-3H3. The van der Waals surface area contributed by atoms with Crippen LogP contribution in [0.15, 0.2) is 35.3 Å². The molecule has 2 heteroatoms. The maximum Gasteiger partial charge on any atom is 0.0426 e. The first-order valence-electron chi connectivity index (χ1n) is 6.40. The molecule has 0 bridgehead atoms. The van der Waals surface area contributed by atoms with E-state index in [1.54, 1.807) is 0 Å². The molecule has 0 aliphatic rings. The quantitative estimate of drug-likeness (QED) is 0.752. The number of rotatable bonds is 6. The monoisotopic (exact) mass is 232 g/mol. The Kier molecular flexibility index (Phi) is 5.92. The third kappa shape index (κ3) is 5.64. The summed E-state index contributed by atoms with van der Waals surface area (Å²) < 4.78 is 0. The zero-order valence-electron chi connectivity index (χ0n) is 11.2. The van der Waals surface area contributed by atoms with Crippen LogP contribution >= 0.6 is 0 Å². The molecule has 1 aromatic carbocycles. The third-order valence-corrected chi connectivity index (χ3v) is 2.83. The summed E-state index contributed by atoms with van der Waals surface area (Å²) in [7, 11) is 0. The summed E-state index contributed by atoms with van der Waals surface area (Å²) in [5.41, 5.74) is 8.55. The molecule has 1 aromatic rings. The van der Waals surface area contributed by atoms with Crippen LogP contribution in [0.1, 0.15) is 32.8 Å². The van der Waals surface area contributed by atoms with Gasteiger partial charge in [0.2, 0.25) is 0 Å². The second-order valence-corrected chi connectivity index (χ2v) is 5.01. The number of benzene rings is 1. The minimum atomic E-state index is 0.0916. The van der Waals surface area contributed by atoms with Crippen LogP contribution in [-0.2, 0) is 6.42 Å². The van der Waals surface area contributed by atoms with Gasteiger partial charge in [0.15, 0.2) is 0 Å². The Morgan fingerprint density at radius 1 is 1.24 bits per heavy atom. The van der Waals surface area contributed by atoms with E-state index in [0.29, 0.717) is 5.92 Å². The molecule has 1 unspecified atom stereocenters. The molecule has 2 nitrogen and oxygen atoms in total. The first-order chi connectivity index (χ1) is 8.09. The maximum atomic E-state index is 6.12. The molecular formula is C15H24N2. The highest BCUT2D eigenvalue weighted by atomic mass is 14.8. The largest absolute Gasteiger partial charge is 0.323 e. The molecule has 0 fully saturated rings. The molecule has 0 aliphatic heterocycles. The lowest BCUT2D eigenvalue weighted by Crippen LogP contribution is -2.29. The van der Waals surface area contributed by atoms with Gasteiger partial charge < -0.3 is 5.73 Å². The molecular weight excluding hydrogens is 208 g/mol.